The molecule has 1 fully saturated rings. The maximum Gasteiger partial charge on any atom is 0.300 e. The van der Waals surface area contributed by atoms with Crippen LogP contribution in [0.15, 0.2) is 0 Å². The van der Waals surface area contributed by atoms with Crippen molar-refractivity contribution in [2.75, 3.05) is 6.61 Å². The molecule has 1 aliphatic rings. The van der Waals surface area contributed by atoms with Crippen molar-refractivity contribution in [1.82, 2.24) is 0 Å². The van der Waals surface area contributed by atoms with Crippen molar-refractivity contribution in [2.45, 2.75) is 55.7 Å². The highest BCUT2D eigenvalue weighted by molar-refractivity contribution is 9.25. The highest BCUT2D eigenvalue weighted by atomic mass is 79.9. The predicted molar refractivity (Wildman–Crippen MR) is 95.0 cm³/mol. The van der Waals surface area contributed by atoms with E-state index >= 15 is 0 Å². The predicted octanol–water partition coefficient (Wildman–Crippen LogP) is 0.178. The summed E-state index contributed by atoms with van der Waals surface area (Å²) < 4.78 is 8.68. The van der Waals surface area contributed by atoms with E-state index in [0.717, 1.165) is 20.8 Å². The second-order valence-electron chi connectivity index (χ2n) is 4.47. The van der Waals surface area contributed by atoms with Gasteiger partial charge in [-0.2, -0.15) is 0 Å². The minimum atomic E-state index is -1.41. The molecule has 13 heteroatoms. The van der Waals surface area contributed by atoms with Crippen molar-refractivity contribution in [1.29, 1.82) is 0 Å². The number of aliphatic carboxylic acids is 3. The van der Waals surface area contributed by atoms with Gasteiger partial charge in [0, 0.05) is 27.4 Å². The second-order valence-corrected chi connectivity index (χ2v) is 8.16. The fourth-order valence-electron chi connectivity index (χ4n) is 1.13. The average Bonchev–Trinajstić information content (AvgIpc) is 2.41. The number of carboxylic acids is 3. The van der Waals surface area contributed by atoms with Crippen LogP contribution in [0.4, 0.5) is 0 Å². The largest absolute Gasteiger partial charge is 0.481 e. The number of rotatable bonds is 2. The average molecular weight is 516 g/mol. The Bertz CT molecular complexity index is 390. The summed E-state index contributed by atoms with van der Waals surface area (Å²) in [6.45, 7) is 5.32. The molecule has 4 atom stereocenters. The molecule has 0 aromatic heterocycles. The molecular weight excluding hydrogens is 492 g/mol. The molecule has 4 unspecified atom stereocenters. The molecule has 0 radical (unpaired) electrons. The fraction of sp³-hybridized carbons (Fsp3) is 0.769. The maximum absolute atomic E-state index is 9.70. The highest BCUT2D eigenvalue weighted by Crippen LogP contribution is 2.41. The van der Waals surface area contributed by atoms with Gasteiger partial charge in [-0.25, -0.2) is 0 Å². The molecular formula is C13H24Br2O11. The van der Waals surface area contributed by atoms with Gasteiger partial charge >= 0.3 is 0 Å². The van der Waals surface area contributed by atoms with Crippen molar-refractivity contribution in [3.63, 3.8) is 0 Å². The Hall–Kier alpha value is -0.830. The van der Waals surface area contributed by atoms with E-state index in [1.807, 2.05) is 0 Å². The van der Waals surface area contributed by atoms with Gasteiger partial charge in [-0.05, 0) is 6.92 Å². The Morgan fingerprint density at radius 2 is 1.23 bits per heavy atom. The number of carbonyl (C=O) groups is 3. The molecule has 0 aromatic rings. The number of carboxylic acid groups (broad SMARTS) is 3. The van der Waals surface area contributed by atoms with Crippen LogP contribution < -0.4 is 0 Å². The van der Waals surface area contributed by atoms with Crippen molar-refractivity contribution < 1.29 is 54.5 Å². The quantitative estimate of drug-likeness (QED) is 0.275. The summed E-state index contributed by atoms with van der Waals surface area (Å²) in [6, 6.07) is 0. The first-order chi connectivity index (χ1) is 11.6. The molecule has 1 saturated heterocycles. The summed E-state index contributed by atoms with van der Waals surface area (Å²) in [5, 5.41) is 50.7. The zero-order valence-electron chi connectivity index (χ0n) is 14.5. The van der Waals surface area contributed by atoms with Crippen molar-refractivity contribution in [2.24, 2.45) is 0 Å². The van der Waals surface area contributed by atoms with Gasteiger partial charge in [0.25, 0.3) is 17.9 Å². The van der Waals surface area contributed by atoms with Crippen LogP contribution >= 0.6 is 31.9 Å². The first-order valence-electron chi connectivity index (χ1n) is 6.88. The van der Waals surface area contributed by atoms with E-state index in [9.17, 15) is 15.3 Å². The summed E-state index contributed by atoms with van der Waals surface area (Å²) >= 11 is 6.14. The molecule has 0 aromatic carbocycles. The molecule has 0 amide bonds. The van der Waals surface area contributed by atoms with Crippen LogP contribution in [0, 0.1) is 0 Å². The number of aliphatic hydroxyl groups excluding tert-OH is 3. The second kappa shape index (κ2) is 15.2. The van der Waals surface area contributed by atoms with Crippen molar-refractivity contribution >= 4 is 49.8 Å². The Kier molecular flexibility index (Phi) is 17.5. The zero-order chi connectivity index (χ0) is 21.7. The summed E-state index contributed by atoms with van der Waals surface area (Å²) in [7, 11) is 0. The molecule has 6 N–H and O–H groups in total. The number of alkyl halides is 2. The standard InChI is InChI=1S/C7H12Br2O5.3C2H4O2/c1-2-13-6-4(11)7(8,9)3(10)5(12)14-6;3*1-2(3)4/h3-6,10-12H,2H2,1H3;3*1H3,(H,3,4). The number of halogens is 2. The lowest BCUT2D eigenvalue weighted by Crippen LogP contribution is -2.60. The van der Waals surface area contributed by atoms with Gasteiger partial charge in [0.15, 0.2) is 12.6 Å². The van der Waals surface area contributed by atoms with Gasteiger partial charge in [-0.1, -0.05) is 31.9 Å². The van der Waals surface area contributed by atoms with Gasteiger partial charge in [0.1, 0.15) is 15.4 Å². The minimum Gasteiger partial charge on any atom is -0.481 e. The zero-order valence-corrected chi connectivity index (χ0v) is 17.7. The molecule has 156 valence electrons. The number of hydrogen-bond acceptors (Lipinski definition) is 8. The number of ether oxygens (including phenoxy) is 2. The minimum absolute atomic E-state index is 0.334. The fourth-order valence-corrected chi connectivity index (χ4v) is 2.01. The third-order valence-electron chi connectivity index (χ3n) is 1.92. The maximum atomic E-state index is 9.70. The summed E-state index contributed by atoms with van der Waals surface area (Å²) in [4.78, 5) is 27.0. The topological polar surface area (TPSA) is 191 Å². The highest BCUT2D eigenvalue weighted by Gasteiger charge is 2.53. The Morgan fingerprint density at radius 3 is 1.50 bits per heavy atom. The summed E-state index contributed by atoms with van der Waals surface area (Å²) in [6.07, 6.45) is -4.79. The van der Waals surface area contributed by atoms with E-state index in [4.69, 9.17) is 39.2 Å². The van der Waals surface area contributed by atoms with E-state index in [-0.39, 0.29) is 0 Å². The van der Waals surface area contributed by atoms with Crippen LogP contribution in [0.3, 0.4) is 0 Å². The monoisotopic (exact) mass is 514 g/mol. The van der Waals surface area contributed by atoms with E-state index in [0.29, 0.717) is 6.61 Å². The van der Waals surface area contributed by atoms with Crippen LogP contribution in [0.5, 0.6) is 0 Å². The Morgan fingerprint density at radius 1 is 0.923 bits per heavy atom. The first kappa shape index (κ1) is 29.9. The van der Waals surface area contributed by atoms with Gasteiger partial charge in [0.2, 0.25) is 0 Å². The molecule has 0 aliphatic carbocycles. The lowest BCUT2D eigenvalue weighted by Gasteiger charge is -2.42. The van der Waals surface area contributed by atoms with E-state index < -0.39 is 45.9 Å². The van der Waals surface area contributed by atoms with Gasteiger partial charge < -0.3 is 40.1 Å². The Labute approximate surface area is 166 Å². The van der Waals surface area contributed by atoms with Crippen LogP contribution in [0.2, 0.25) is 0 Å². The van der Waals surface area contributed by atoms with Crippen LogP contribution in [0.25, 0.3) is 0 Å². The molecule has 0 bridgehead atoms. The van der Waals surface area contributed by atoms with Gasteiger partial charge in [-0.3, -0.25) is 14.4 Å². The van der Waals surface area contributed by atoms with Gasteiger partial charge in [-0.15, -0.1) is 0 Å². The molecule has 11 nitrogen and oxygen atoms in total. The molecule has 1 aliphatic heterocycles. The van der Waals surface area contributed by atoms with Gasteiger partial charge in [0.05, 0.1) is 0 Å². The van der Waals surface area contributed by atoms with Crippen LogP contribution in [-0.4, -0.2) is 83.2 Å². The molecule has 0 spiro atoms. The number of aliphatic hydroxyl groups is 3. The smallest absolute Gasteiger partial charge is 0.300 e. The SMILES string of the molecule is CC(=O)O.CC(=O)O.CC(=O)O.CCOC1OC(O)C(O)C(Br)(Br)C1O. The van der Waals surface area contributed by atoms with Crippen LogP contribution in [0.1, 0.15) is 27.7 Å². The number of hydrogen-bond donors (Lipinski definition) is 6. The lowest BCUT2D eigenvalue weighted by molar-refractivity contribution is -0.312. The molecule has 26 heavy (non-hydrogen) atoms. The Balaban J connectivity index is -0.000000362. The molecule has 1 rings (SSSR count). The normalized spacial score (nSPS) is 25.7. The van der Waals surface area contributed by atoms with E-state index in [1.54, 1.807) is 6.92 Å². The van der Waals surface area contributed by atoms with Crippen molar-refractivity contribution in [3.8, 4) is 0 Å². The molecule has 0 saturated carbocycles. The van der Waals surface area contributed by atoms with E-state index in [2.05, 4.69) is 31.9 Å². The summed E-state index contributed by atoms with van der Waals surface area (Å²) in [5.74, 6) is -2.50. The summed E-state index contributed by atoms with van der Waals surface area (Å²) in [5.41, 5.74) is 0. The third-order valence-corrected chi connectivity index (χ3v) is 3.80. The van der Waals surface area contributed by atoms with Crippen molar-refractivity contribution in [3.05, 3.63) is 0 Å². The molecule has 1 heterocycles. The first-order valence-corrected chi connectivity index (χ1v) is 8.47. The third kappa shape index (κ3) is 16.6. The van der Waals surface area contributed by atoms with E-state index in [1.165, 1.54) is 0 Å². The van der Waals surface area contributed by atoms with Crippen LogP contribution in [-0.2, 0) is 23.9 Å². The lowest BCUT2D eigenvalue weighted by atomic mass is 10.1.